The third-order valence-corrected chi connectivity index (χ3v) is 9.88. The minimum absolute atomic E-state index is 0.927. The summed E-state index contributed by atoms with van der Waals surface area (Å²) in [5.41, 5.74) is 10.1. The molecule has 212 valence electrons. The molecule has 0 amide bonds. The molecule has 0 radical (unpaired) electrons. The lowest BCUT2D eigenvalue weighted by molar-refractivity contribution is 0.669. The second-order valence-electron chi connectivity index (χ2n) is 11.3. The van der Waals surface area contributed by atoms with Crippen molar-refractivity contribution in [1.29, 1.82) is 0 Å². The fourth-order valence-corrected chi connectivity index (χ4v) is 7.83. The zero-order valence-corrected chi connectivity index (χ0v) is 25.2. The van der Waals surface area contributed by atoms with Crippen LogP contribution < -0.4 is 4.90 Å². The Balaban J connectivity index is 1.26. The van der Waals surface area contributed by atoms with Gasteiger partial charge in [0.25, 0.3) is 0 Å². The Hall–Kier alpha value is -5.64. The van der Waals surface area contributed by atoms with Crippen LogP contribution in [0.3, 0.4) is 0 Å². The zero-order chi connectivity index (χ0) is 29.7. The van der Waals surface area contributed by atoms with Crippen LogP contribution in [0.5, 0.6) is 0 Å². The zero-order valence-electron chi connectivity index (χ0n) is 24.4. The Morgan fingerprint density at radius 3 is 1.62 bits per heavy atom. The van der Waals surface area contributed by atoms with Crippen LogP contribution in [0.1, 0.15) is 0 Å². The summed E-state index contributed by atoms with van der Waals surface area (Å²) in [7, 11) is 0. The molecule has 0 saturated heterocycles. The number of fused-ring (bicyclic) bond motifs is 7. The molecule has 2 heterocycles. The van der Waals surface area contributed by atoms with Crippen molar-refractivity contribution in [3.05, 3.63) is 164 Å². The molecular weight excluding hydrogens is 567 g/mol. The second kappa shape index (κ2) is 10.5. The van der Waals surface area contributed by atoms with E-state index in [1.54, 1.807) is 0 Å². The molecular formula is C42H27NOS. The summed E-state index contributed by atoms with van der Waals surface area (Å²) in [5.74, 6) is 0. The van der Waals surface area contributed by atoms with E-state index in [1.165, 1.54) is 47.8 Å². The van der Waals surface area contributed by atoms with Crippen LogP contribution in [-0.2, 0) is 0 Å². The smallest absolute Gasteiger partial charge is 0.136 e. The average Bonchev–Trinajstić information content (AvgIpc) is 3.69. The third-order valence-electron chi connectivity index (χ3n) is 8.69. The van der Waals surface area contributed by atoms with E-state index in [0.717, 1.165) is 33.6 Å². The third kappa shape index (κ3) is 4.32. The Morgan fingerprint density at radius 2 is 0.978 bits per heavy atom. The first-order chi connectivity index (χ1) is 22.3. The SMILES string of the molecule is c1ccc(-c2ccc(N(c3ccc(-c4ccccc4)cc3)c3cccc4sc5c(ccc6oc7ccccc7c65)c34)cc2)cc1. The molecule has 0 atom stereocenters. The van der Waals surface area contributed by atoms with Crippen molar-refractivity contribution in [1.82, 2.24) is 0 Å². The van der Waals surface area contributed by atoms with Gasteiger partial charge < -0.3 is 9.32 Å². The fourth-order valence-electron chi connectivity index (χ4n) is 6.55. The first kappa shape index (κ1) is 25.8. The van der Waals surface area contributed by atoms with Crippen molar-refractivity contribution in [3.8, 4) is 22.3 Å². The highest BCUT2D eigenvalue weighted by Crippen LogP contribution is 2.48. The van der Waals surface area contributed by atoms with Gasteiger partial charge in [-0.3, -0.25) is 0 Å². The Kier molecular flexibility index (Phi) is 6.03. The number of para-hydroxylation sites is 1. The highest BCUT2D eigenvalue weighted by Gasteiger charge is 2.21. The van der Waals surface area contributed by atoms with E-state index in [2.05, 4.69) is 163 Å². The molecule has 0 fully saturated rings. The first-order valence-corrected chi connectivity index (χ1v) is 16.0. The van der Waals surface area contributed by atoms with Gasteiger partial charge in [0.2, 0.25) is 0 Å². The highest BCUT2D eigenvalue weighted by atomic mass is 32.1. The monoisotopic (exact) mass is 593 g/mol. The lowest BCUT2D eigenvalue weighted by Crippen LogP contribution is -2.10. The second-order valence-corrected chi connectivity index (χ2v) is 12.4. The molecule has 9 aromatic rings. The van der Waals surface area contributed by atoms with E-state index in [4.69, 9.17) is 4.42 Å². The van der Waals surface area contributed by atoms with Crippen molar-refractivity contribution in [2.24, 2.45) is 0 Å². The van der Waals surface area contributed by atoms with E-state index in [-0.39, 0.29) is 0 Å². The van der Waals surface area contributed by atoms with Gasteiger partial charge in [0, 0.05) is 42.3 Å². The van der Waals surface area contributed by atoms with E-state index < -0.39 is 0 Å². The van der Waals surface area contributed by atoms with E-state index in [1.807, 2.05) is 17.4 Å². The minimum atomic E-state index is 0.927. The van der Waals surface area contributed by atoms with Gasteiger partial charge in [-0.05, 0) is 76.9 Å². The van der Waals surface area contributed by atoms with Gasteiger partial charge in [-0.15, -0.1) is 11.3 Å². The van der Waals surface area contributed by atoms with Gasteiger partial charge in [0.1, 0.15) is 11.2 Å². The quantitative estimate of drug-likeness (QED) is 0.197. The van der Waals surface area contributed by atoms with Crippen LogP contribution in [-0.4, -0.2) is 0 Å². The molecule has 0 saturated carbocycles. The van der Waals surface area contributed by atoms with Gasteiger partial charge in [-0.25, -0.2) is 0 Å². The van der Waals surface area contributed by atoms with Crippen molar-refractivity contribution >= 4 is 70.5 Å². The summed E-state index contributed by atoms with van der Waals surface area (Å²) >= 11 is 1.85. The molecule has 0 aliphatic heterocycles. The molecule has 2 nitrogen and oxygen atoms in total. The highest BCUT2D eigenvalue weighted by molar-refractivity contribution is 7.27. The predicted octanol–water partition coefficient (Wildman–Crippen LogP) is 12.8. The standard InChI is InChI=1S/C42H27NOS/c1-3-10-28(11-4-1)30-18-22-32(23-19-30)43(33-24-20-31(21-25-33)29-12-5-2-6-13-29)36-15-9-17-39-40(36)35-26-27-38-41(42(35)45-39)34-14-7-8-16-37(34)44-38/h1-27H. The maximum atomic E-state index is 6.26. The fraction of sp³-hybridized carbons (Fsp3) is 0. The molecule has 0 spiro atoms. The van der Waals surface area contributed by atoms with Crippen LogP contribution in [0.25, 0.3) is 64.4 Å². The molecule has 9 rings (SSSR count). The maximum Gasteiger partial charge on any atom is 0.136 e. The Bertz CT molecular complexity index is 2370. The normalized spacial score (nSPS) is 11.6. The van der Waals surface area contributed by atoms with Gasteiger partial charge in [-0.2, -0.15) is 0 Å². The summed E-state index contributed by atoms with van der Waals surface area (Å²) in [6.45, 7) is 0. The number of benzene rings is 7. The Labute approximate surface area is 265 Å². The number of thiophene rings is 1. The van der Waals surface area contributed by atoms with Gasteiger partial charge in [0.05, 0.1) is 5.69 Å². The van der Waals surface area contributed by atoms with Crippen LogP contribution in [0, 0.1) is 0 Å². The van der Waals surface area contributed by atoms with E-state index >= 15 is 0 Å². The molecule has 7 aromatic carbocycles. The summed E-state index contributed by atoms with van der Waals surface area (Å²) in [4.78, 5) is 2.40. The molecule has 2 aromatic heterocycles. The Morgan fingerprint density at radius 1 is 0.400 bits per heavy atom. The number of hydrogen-bond donors (Lipinski definition) is 0. The molecule has 0 bridgehead atoms. The number of nitrogens with zero attached hydrogens (tertiary/aromatic N) is 1. The maximum absolute atomic E-state index is 6.26. The van der Waals surface area contributed by atoms with Crippen LogP contribution in [0.4, 0.5) is 17.1 Å². The lowest BCUT2D eigenvalue weighted by Gasteiger charge is -2.27. The van der Waals surface area contributed by atoms with Crippen molar-refractivity contribution < 1.29 is 4.42 Å². The summed E-state index contributed by atoms with van der Waals surface area (Å²) in [6, 6.07) is 58.4. The number of rotatable bonds is 5. The number of hydrogen-bond acceptors (Lipinski definition) is 3. The molecule has 0 unspecified atom stereocenters. The van der Waals surface area contributed by atoms with Crippen molar-refractivity contribution in [3.63, 3.8) is 0 Å². The molecule has 0 aliphatic carbocycles. The minimum Gasteiger partial charge on any atom is -0.456 e. The van der Waals surface area contributed by atoms with Crippen molar-refractivity contribution in [2.75, 3.05) is 4.90 Å². The van der Waals surface area contributed by atoms with Gasteiger partial charge in [0.15, 0.2) is 0 Å². The number of furan rings is 1. The molecule has 0 N–H and O–H groups in total. The van der Waals surface area contributed by atoms with Gasteiger partial charge >= 0.3 is 0 Å². The van der Waals surface area contributed by atoms with Crippen molar-refractivity contribution in [2.45, 2.75) is 0 Å². The topological polar surface area (TPSA) is 16.4 Å². The largest absolute Gasteiger partial charge is 0.456 e. The van der Waals surface area contributed by atoms with Gasteiger partial charge in [-0.1, -0.05) is 109 Å². The summed E-state index contributed by atoms with van der Waals surface area (Å²) < 4.78 is 8.78. The predicted molar refractivity (Wildman–Crippen MR) is 192 cm³/mol. The first-order valence-electron chi connectivity index (χ1n) is 15.2. The average molecular weight is 594 g/mol. The van der Waals surface area contributed by atoms with E-state index in [9.17, 15) is 0 Å². The molecule has 45 heavy (non-hydrogen) atoms. The molecule has 0 aliphatic rings. The summed E-state index contributed by atoms with van der Waals surface area (Å²) in [6.07, 6.45) is 0. The molecule has 3 heteroatoms. The van der Waals surface area contributed by atoms with Crippen LogP contribution in [0.2, 0.25) is 0 Å². The summed E-state index contributed by atoms with van der Waals surface area (Å²) in [5, 5.41) is 4.86. The van der Waals surface area contributed by atoms with Crippen LogP contribution >= 0.6 is 11.3 Å². The lowest BCUT2D eigenvalue weighted by atomic mass is 10.0. The van der Waals surface area contributed by atoms with E-state index in [0.29, 0.717) is 0 Å². The van der Waals surface area contributed by atoms with Crippen LogP contribution in [0.15, 0.2) is 168 Å². The number of anilines is 3.